The van der Waals surface area contributed by atoms with E-state index in [4.69, 9.17) is 10.8 Å². The summed E-state index contributed by atoms with van der Waals surface area (Å²) in [6.07, 6.45) is 1.84. The fraction of sp³-hybridized carbons (Fsp3) is 0.833. The lowest BCUT2D eigenvalue weighted by Gasteiger charge is -2.71. The highest BCUT2D eigenvalue weighted by Crippen LogP contribution is 2.62. The van der Waals surface area contributed by atoms with Crippen molar-refractivity contribution in [3.05, 3.63) is 0 Å². The van der Waals surface area contributed by atoms with E-state index in [0.29, 0.717) is 26.2 Å². The van der Waals surface area contributed by atoms with Gasteiger partial charge >= 0.3 is 12.1 Å². The number of hydrogen-bond donors (Lipinski definition) is 2. The van der Waals surface area contributed by atoms with Crippen molar-refractivity contribution in [3.8, 4) is 0 Å². The molecule has 104 valence electrons. The van der Waals surface area contributed by atoms with Crippen molar-refractivity contribution in [1.29, 1.82) is 0 Å². The summed E-state index contributed by atoms with van der Waals surface area (Å²) >= 11 is 0. The van der Waals surface area contributed by atoms with Crippen LogP contribution in [0.2, 0.25) is 0 Å². The van der Waals surface area contributed by atoms with Crippen molar-refractivity contribution in [1.82, 2.24) is 14.7 Å². The van der Waals surface area contributed by atoms with E-state index in [9.17, 15) is 9.59 Å². The maximum atomic E-state index is 12.4. The third kappa shape index (κ3) is 1.31. The Morgan fingerprint density at radius 3 is 2.53 bits per heavy atom. The van der Waals surface area contributed by atoms with Crippen molar-refractivity contribution in [3.63, 3.8) is 0 Å². The fourth-order valence-corrected chi connectivity index (χ4v) is 4.37. The van der Waals surface area contributed by atoms with Gasteiger partial charge in [0.25, 0.3) is 0 Å². The Balaban J connectivity index is 1.50. The molecule has 19 heavy (non-hydrogen) atoms. The first-order chi connectivity index (χ1) is 8.92. The maximum Gasteiger partial charge on any atom is 0.407 e. The molecule has 0 aromatic rings. The van der Waals surface area contributed by atoms with Crippen LogP contribution >= 0.6 is 0 Å². The smallest absolute Gasteiger partial charge is 0.407 e. The third-order valence-electron chi connectivity index (χ3n) is 5.24. The number of carbonyl (C=O) groups is 2. The zero-order chi connectivity index (χ0) is 13.4. The lowest BCUT2D eigenvalue weighted by atomic mass is 9.44. The van der Waals surface area contributed by atoms with Crippen LogP contribution in [0.3, 0.4) is 0 Å². The number of rotatable bonds is 1. The Morgan fingerprint density at radius 2 is 1.95 bits per heavy atom. The SMILES string of the molecule is NC12CC(N3C[C@@H]4CN(C(=O)O)CCN4C3=O)(C1)C2. The van der Waals surface area contributed by atoms with Crippen molar-refractivity contribution >= 4 is 12.1 Å². The van der Waals surface area contributed by atoms with Crippen molar-refractivity contribution < 1.29 is 14.7 Å². The molecule has 0 spiro atoms. The Hall–Kier alpha value is -1.50. The van der Waals surface area contributed by atoms with Crippen LogP contribution in [0.5, 0.6) is 0 Å². The molecule has 5 aliphatic rings. The predicted molar refractivity (Wildman–Crippen MR) is 65.7 cm³/mol. The number of piperazine rings is 1. The molecule has 1 atom stereocenters. The van der Waals surface area contributed by atoms with Gasteiger partial charge in [-0.25, -0.2) is 9.59 Å². The monoisotopic (exact) mass is 266 g/mol. The van der Waals surface area contributed by atoms with Gasteiger partial charge < -0.3 is 25.5 Å². The summed E-state index contributed by atoms with van der Waals surface area (Å²) in [5, 5.41) is 9.04. The van der Waals surface area contributed by atoms with Crippen molar-refractivity contribution in [2.24, 2.45) is 5.73 Å². The molecule has 3 aliphatic carbocycles. The molecule has 5 fully saturated rings. The molecule has 3 amide bonds. The summed E-state index contributed by atoms with van der Waals surface area (Å²) in [7, 11) is 0. The van der Waals surface area contributed by atoms with Crippen LogP contribution in [0.15, 0.2) is 0 Å². The van der Waals surface area contributed by atoms with Gasteiger partial charge in [0.2, 0.25) is 0 Å². The molecule has 0 radical (unpaired) electrons. The number of hydrogen-bond acceptors (Lipinski definition) is 3. The number of amides is 3. The zero-order valence-corrected chi connectivity index (χ0v) is 10.7. The Morgan fingerprint density at radius 1 is 1.26 bits per heavy atom. The summed E-state index contributed by atoms with van der Waals surface area (Å²) in [6, 6.07) is 0.0943. The van der Waals surface area contributed by atoms with Crippen LogP contribution in [-0.4, -0.2) is 75.2 Å². The van der Waals surface area contributed by atoms with Crippen LogP contribution in [0.4, 0.5) is 9.59 Å². The van der Waals surface area contributed by atoms with E-state index in [0.717, 1.165) is 19.3 Å². The van der Waals surface area contributed by atoms with Crippen molar-refractivity contribution in [2.75, 3.05) is 26.2 Å². The van der Waals surface area contributed by atoms with Crippen LogP contribution in [-0.2, 0) is 0 Å². The van der Waals surface area contributed by atoms with Gasteiger partial charge in [0, 0.05) is 37.3 Å². The van der Waals surface area contributed by atoms with Gasteiger partial charge in [0.15, 0.2) is 0 Å². The van der Waals surface area contributed by atoms with Crippen LogP contribution in [0, 0.1) is 0 Å². The molecular formula is C12H18N4O3. The molecular weight excluding hydrogens is 248 g/mol. The van der Waals surface area contributed by atoms with E-state index in [1.54, 1.807) is 0 Å². The minimum atomic E-state index is -0.892. The first-order valence-electron chi connectivity index (χ1n) is 6.78. The largest absolute Gasteiger partial charge is 0.465 e. The second-order valence-electron chi connectivity index (χ2n) is 6.59. The van der Waals surface area contributed by atoms with Crippen LogP contribution < -0.4 is 5.73 Å². The number of nitrogens with zero attached hydrogens (tertiary/aromatic N) is 3. The van der Waals surface area contributed by atoms with Gasteiger partial charge in [0.1, 0.15) is 0 Å². The maximum absolute atomic E-state index is 12.4. The topological polar surface area (TPSA) is 90.1 Å². The minimum absolute atomic E-state index is 0.00275. The predicted octanol–water partition coefficient (Wildman–Crippen LogP) is -0.280. The highest BCUT2D eigenvalue weighted by molar-refractivity contribution is 5.80. The molecule has 3 saturated carbocycles. The van der Waals surface area contributed by atoms with Gasteiger partial charge in [-0.2, -0.15) is 0 Å². The molecule has 2 saturated heterocycles. The van der Waals surface area contributed by atoms with Gasteiger partial charge in [-0.3, -0.25) is 0 Å². The van der Waals surface area contributed by atoms with E-state index in [1.807, 2.05) is 9.80 Å². The molecule has 2 bridgehead atoms. The highest BCUT2D eigenvalue weighted by Gasteiger charge is 2.71. The third-order valence-corrected chi connectivity index (χ3v) is 5.24. The molecule has 2 aliphatic heterocycles. The van der Waals surface area contributed by atoms with Crippen LogP contribution in [0.1, 0.15) is 19.3 Å². The molecule has 0 aromatic carbocycles. The van der Waals surface area contributed by atoms with Gasteiger partial charge in [0.05, 0.1) is 6.04 Å². The van der Waals surface area contributed by atoms with Crippen molar-refractivity contribution in [2.45, 2.75) is 36.4 Å². The Kier molecular flexibility index (Phi) is 1.88. The number of carboxylic acid groups (broad SMARTS) is 1. The minimum Gasteiger partial charge on any atom is -0.465 e. The quantitative estimate of drug-likeness (QED) is 0.683. The summed E-state index contributed by atoms with van der Waals surface area (Å²) in [5.41, 5.74) is 6.04. The number of urea groups is 1. The number of carbonyl (C=O) groups excluding carboxylic acids is 1. The summed E-state index contributed by atoms with van der Waals surface area (Å²) in [6.45, 7) is 2.01. The average molecular weight is 266 g/mol. The van der Waals surface area contributed by atoms with E-state index >= 15 is 0 Å². The van der Waals surface area contributed by atoms with Gasteiger partial charge in [-0.05, 0) is 19.3 Å². The number of nitrogens with two attached hydrogens (primary N) is 1. The zero-order valence-electron chi connectivity index (χ0n) is 10.7. The summed E-state index contributed by atoms with van der Waals surface area (Å²) < 4.78 is 0. The van der Waals surface area contributed by atoms with E-state index < -0.39 is 6.09 Å². The highest BCUT2D eigenvalue weighted by atomic mass is 16.4. The second kappa shape index (κ2) is 3.15. The molecule has 0 aromatic heterocycles. The molecule has 2 heterocycles. The standard InChI is InChI=1S/C12H18N4O3/c13-11-5-12(6-11,7-11)16-4-8-3-14(10(18)19)1-2-15(8)9(16)17/h8H,1-7,13H2,(H,18,19)/t8-,11?,12?/m0/s1. The Labute approximate surface area is 110 Å². The van der Waals surface area contributed by atoms with Gasteiger partial charge in [-0.15, -0.1) is 0 Å². The summed E-state index contributed by atoms with van der Waals surface area (Å²) in [5.74, 6) is 0. The first kappa shape index (κ1) is 11.3. The molecule has 7 nitrogen and oxygen atoms in total. The molecule has 0 unspecified atom stereocenters. The molecule has 3 N–H and O–H groups in total. The van der Waals surface area contributed by atoms with Gasteiger partial charge in [-0.1, -0.05) is 0 Å². The molecule has 5 rings (SSSR count). The Bertz CT molecular complexity index is 460. The summed E-state index contributed by atoms with van der Waals surface area (Å²) in [4.78, 5) is 28.6. The van der Waals surface area contributed by atoms with E-state index in [2.05, 4.69) is 0 Å². The van der Waals surface area contributed by atoms with E-state index in [-0.39, 0.29) is 23.2 Å². The fourth-order valence-electron chi connectivity index (χ4n) is 4.37. The van der Waals surface area contributed by atoms with E-state index in [1.165, 1.54) is 4.90 Å². The molecule has 7 heteroatoms. The average Bonchev–Trinajstić information content (AvgIpc) is 2.61. The second-order valence-corrected chi connectivity index (χ2v) is 6.59. The lowest BCUT2D eigenvalue weighted by Crippen LogP contribution is -2.82. The number of fused-ring (bicyclic) bond motifs is 1. The lowest BCUT2D eigenvalue weighted by molar-refractivity contribution is -0.136. The van der Waals surface area contributed by atoms with Crippen LogP contribution in [0.25, 0.3) is 0 Å². The first-order valence-corrected chi connectivity index (χ1v) is 6.78. The normalized spacial score (nSPS) is 43.7.